The van der Waals surface area contributed by atoms with Crippen molar-refractivity contribution < 1.29 is 22.7 Å². The first-order valence-corrected chi connectivity index (χ1v) is 14.3. The fourth-order valence-electron chi connectivity index (χ4n) is 4.04. The summed E-state index contributed by atoms with van der Waals surface area (Å²) in [5.74, 6) is -0.314. The fraction of sp³-hybridized carbons (Fsp3) is 0.286. The summed E-state index contributed by atoms with van der Waals surface area (Å²) in [4.78, 5) is 28.4. The maximum absolute atomic E-state index is 13.9. The van der Waals surface area contributed by atoms with Crippen molar-refractivity contribution in [1.29, 1.82) is 0 Å². The largest absolute Gasteiger partial charge is 0.494 e. The summed E-state index contributed by atoms with van der Waals surface area (Å²) in [6, 6.07) is 21.9. The van der Waals surface area contributed by atoms with E-state index in [1.54, 1.807) is 48.5 Å². The van der Waals surface area contributed by atoms with Gasteiger partial charge in [-0.2, -0.15) is 0 Å². The predicted octanol–water partition coefficient (Wildman–Crippen LogP) is 3.89. The Morgan fingerprint density at radius 1 is 0.974 bits per heavy atom. The third kappa shape index (κ3) is 7.97. The summed E-state index contributed by atoms with van der Waals surface area (Å²) in [7, 11) is -2.33. The van der Waals surface area contributed by atoms with Crippen LogP contribution in [-0.2, 0) is 32.6 Å². The molecule has 0 aliphatic heterocycles. The molecule has 38 heavy (non-hydrogen) atoms. The van der Waals surface area contributed by atoms with Gasteiger partial charge in [-0.05, 0) is 54.4 Å². The minimum atomic E-state index is -3.84. The molecule has 0 fully saturated rings. The van der Waals surface area contributed by atoms with Gasteiger partial charge in [-0.15, -0.1) is 0 Å². The van der Waals surface area contributed by atoms with Crippen molar-refractivity contribution in [1.82, 2.24) is 10.2 Å². The summed E-state index contributed by atoms with van der Waals surface area (Å²) >= 11 is 6.19. The van der Waals surface area contributed by atoms with Gasteiger partial charge in [-0.3, -0.25) is 13.9 Å². The van der Waals surface area contributed by atoms with Crippen LogP contribution in [0.3, 0.4) is 0 Å². The third-order valence-electron chi connectivity index (χ3n) is 5.87. The fourth-order valence-corrected chi connectivity index (χ4v) is 5.10. The number of hydrogen-bond donors (Lipinski definition) is 1. The van der Waals surface area contributed by atoms with Crippen LogP contribution in [0.1, 0.15) is 18.1 Å². The summed E-state index contributed by atoms with van der Waals surface area (Å²) in [5, 5.41) is 3.13. The van der Waals surface area contributed by atoms with Crippen molar-refractivity contribution in [2.45, 2.75) is 25.9 Å². The summed E-state index contributed by atoms with van der Waals surface area (Å²) in [5.41, 5.74) is 1.88. The second-order valence-electron chi connectivity index (χ2n) is 8.67. The Kier molecular flexibility index (Phi) is 10.2. The first-order chi connectivity index (χ1) is 18.1. The van der Waals surface area contributed by atoms with Crippen molar-refractivity contribution in [2.24, 2.45) is 0 Å². The van der Waals surface area contributed by atoms with Crippen LogP contribution in [0, 0.1) is 0 Å². The first kappa shape index (κ1) is 29.0. The van der Waals surface area contributed by atoms with E-state index in [-0.39, 0.29) is 18.9 Å². The molecule has 2 amide bonds. The lowest BCUT2D eigenvalue weighted by Crippen LogP contribution is -2.52. The minimum absolute atomic E-state index is 0.0607. The highest BCUT2D eigenvalue weighted by molar-refractivity contribution is 7.92. The number of carbonyl (C=O) groups is 2. The summed E-state index contributed by atoms with van der Waals surface area (Å²) < 4.78 is 32.0. The van der Waals surface area contributed by atoms with Gasteiger partial charge in [-0.1, -0.05) is 54.1 Å². The van der Waals surface area contributed by atoms with Crippen LogP contribution in [0.2, 0.25) is 5.02 Å². The van der Waals surface area contributed by atoms with Crippen molar-refractivity contribution in [2.75, 3.05) is 30.8 Å². The summed E-state index contributed by atoms with van der Waals surface area (Å²) in [6.45, 7) is 1.89. The molecule has 0 spiro atoms. The molecule has 3 aromatic rings. The number of ether oxygens (including phenoxy) is 1. The zero-order valence-corrected chi connectivity index (χ0v) is 23.2. The maximum Gasteiger partial charge on any atom is 0.244 e. The van der Waals surface area contributed by atoms with Crippen LogP contribution in [0.25, 0.3) is 0 Å². The molecular weight excluding hydrogens is 526 g/mol. The Morgan fingerprint density at radius 2 is 1.63 bits per heavy atom. The first-order valence-electron chi connectivity index (χ1n) is 12.1. The van der Waals surface area contributed by atoms with Gasteiger partial charge in [0.2, 0.25) is 21.8 Å². The van der Waals surface area contributed by atoms with Gasteiger partial charge in [0.05, 0.1) is 18.6 Å². The van der Waals surface area contributed by atoms with Crippen molar-refractivity contribution in [3.63, 3.8) is 0 Å². The van der Waals surface area contributed by atoms with E-state index < -0.39 is 28.5 Å². The van der Waals surface area contributed by atoms with Crippen LogP contribution in [0.15, 0.2) is 78.9 Å². The minimum Gasteiger partial charge on any atom is -0.494 e. The zero-order valence-electron chi connectivity index (χ0n) is 21.6. The number of nitrogens with zero attached hydrogens (tertiary/aromatic N) is 2. The van der Waals surface area contributed by atoms with Crippen LogP contribution in [-0.4, -0.2) is 57.6 Å². The van der Waals surface area contributed by atoms with Gasteiger partial charge in [0.25, 0.3) is 0 Å². The molecule has 0 heterocycles. The molecule has 3 rings (SSSR count). The Balaban J connectivity index is 2.00. The Labute approximate surface area is 229 Å². The molecule has 10 heteroatoms. The van der Waals surface area contributed by atoms with E-state index in [1.165, 1.54) is 11.9 Å². The number of amides is 2. The van der Waals surface area contributed by atoms with E-state index in [1.807, 2.05) is 37.3 Å². The normalized spacial score (nSPS) is 11.9. The van der Waals surface area contributed by atoms with Gasteiger partial charge >= 0.3 is 0 Å². The molecule has 0 radical (unpaired) electrons. The average Bonchev–Trinajstić information content (AvgIpc) is 2.89. The van der Waals surface area contributed by atoms with E-state index in [0.29, 0.717) is 28.6 Å². The second kappa shape index (κ2) is 13.3. The molecule has 0 unspecified atom stereocenters. The second-order valence-corrected chi connectivity index (χ2v) is 11.0. The topological polar surface area (TPSA) is 96.0 Å². The monoisotopic (exact) mass is 557 g/mol. The molecule has 202 valence electrons. The predicted molar refractivity (Wildman–Crippen MR) is 150 cm³/mol. The highest BCUT2D eigenvalue weighted by Crippen LogP contribution is 2.23. The number of hydrogen-bond acceptors (Lipinski definition) is 5. The van der Waals surface area contributed by atoms with Gasteiger partial charge < -0.3 is 15.0 Å². The maximum atomic E-state index is 13.9. The molecule has 0 bridgehead atoms. The van der Waals surface area contributed by atoms with Crippen LogP contribution in [0.4, 0.5) is 5.69 Å². The lowest BCUT2D eigenvalue weighted by molar-refractivity contribution is -0.139. The quantitative estimate of drug-likeness (QED) is 0.364. The number of benzene rings is 3. The highest BCUT2D eigenvalue weighted by Gasteiger charge is 2.32. The third-order valence-corrected chi connectivity index (χ3v) is 7.25. The van der Waals surface area contributed by atoms with E-state index >= 15 is 0 Å². The standard InChI is InChI=1S/C28H32ClN3O5S/c1-4-37-25-15-13-24(14-16-25)32(38(3,35)36)20-27(33)31(19-22-11-8-12-23(29)17-22)26(28(34)30-2)18-21-9-6-5-7-10-21/h5-17,26H,4,18-20H2,1-3H3,(H,30,34)/t26-/m1/s1. The van der Waals surface area contributed by atoms with Crippen LogP contribution in [0.5, 0.6) is 5.75 Å². The summed E-state index contributed by atoms with van der Waals surface area (Å²) in [6.07, 6.45) is 1.28. The van der Waals surface area contributed by atoms with Crippen molar-refractivity contribution in [3.8, 4) is 5.75 Å². The molecule has 1 atom stereocenters. The molecule has 0 saturated carbocycles. The molecule has 1 N–H and O–H groups in total. The molecule has 0 aromatic heterocycles. The SMILES string of the molecule is CCOc1ccc(N(CC(=O)N(Cc2cccc(Cl)c2)[C@H](Cc2ccccc2)C(=O)NC)S(C)(=O)=O)cc1. The molecule has 0 saturated heterocycles. The van der Waals surface area contributed by atoms with Gasteiger partial charge in [0.1, 0.15) is 18.3 Å². The Bertz CT molecular complexity index is 1330. The Morgan fingerprint density at radius 3 is 2.21 bits per heavy atom. The van der Waals surface area contributed by atoms with E-state index in [4.69, 9.17) is 16.3 Å². The van der Waals surface area contributed by atoms with Crippen LogP contribution < -0.4 is 14.4 Å². The van der Waals surface area contributed by atoms with Crippen molar-refractivity contribution in [3.05, 3.63) is 95.0 Å². The number of rotatable bonds is 12. The molecule has 0 aliphatic carbocycles. The van der Waals surface area contributed by atoms with E-state index in [2.05, 4.69) is 5.32 Å². The molecule has 0 aliphatic rings. The number of likely N-dealkylation sites (N-methyl/N-ethyl adjacent to an activating group) is 1. The van der Waals surface area contributed by atoms with Gasteiger partial charge in [-0.25, -0.2) is 8.42 Å². The average molecular weight is 558 g/mol. The number of sulfonamides is 1. The smallest absolute Gasteiger partial charge is 0.244 e. The Hall–Kier alpha value is -3.56. The van der Waals surface area contributed by atoms with Gasteiger partial charge in [0.15, 0.2) is 0 Å². The lowest BCUT2D eigenvalue weighted by Gasteiger charge is -2.33. The zero-order chi connectivity index (χ0) is 27.7. The lowest BCUT2D eigenvalue weighted by atomic mass is 10.0. The van der Waals surface area contributed by atoms with Gasteiger partial charge in [0, 0.05) is 25.0 Å². The highest BCUT2D eigenvalue weighted by atomic mass is 35.5. The molecule has 3 aromatic carbocycles. The molecule has 8 nitrogen and oxygen atoms in total. The number of anilines is 1. The van der Waals surface area contributed by atoms with E-state index in [0.717, 1.165) is 16.1 Å². The van der Waals surface area contributed by atoms with Crippen molar-refractivity contribution >= 4 is 39.1 Å². The number of halogens is 1. The van der Waals surface area contributed by atoms with E-state index in [9.17, 15) is 18.0 Å². The molecular formula is C28H32ClN3O5S. The number of nitrogens with one attached hydrogen (secondary N) is 1. The van der Waals surface area contributed by atoms with Crippen LogP contribution >= 0.6 is 11.6 Å². The number of carbonyl (C=O) groups excluding carboxylic acids is 2.